The minimum absolute atomic E-state index is 0.351. The van der Waals surface area contributed by atoms with Crippen molar-refractivity contribution in [3.05, 3.63) is 57.5 Å². The Balaban J connectivity index is 2.36. The number of rotatable bonds is 2. The van der Waals surface area contributed by atoms with Crippen molar-refractivity contribution < 1.29 is 4.39 Å². The lowest BCUT2D eigenvalue weighted by atomic mass is 10.2. The molecule has 1 heterocycles. The van der Waals surface area contributed by atoms with Crippen LogP contribution in [0.1, 0.15) is 18.1 Å². The van der Waals surface area contributed by atoms with Gasteiger partial charge in [-0.2, -0.15) is 0 Å². The fourth-order valence-corrected chi connectivity index (χ4v) is 2.91. The molecule has 0 aliphatic carbocycles. The first-order chi connectivity index (χ1) is 9.97. The van der Waals surface area contributed by atoms with Crippen LogP contribution < -0.4 is 0 Å². The Hall–Kier alpha value is -1.10. The lowest BCUT2D eigenvalue weighted by Gasteiger charge is -2.11. The zero-order valence-electron chi connectivity index (χ0n) is 10.9. The highest BCUT2D eigenvalue weighted by atomic mass is 79.9. The van der Waals surface area contributed by atoms with E-state index in [9.17, 15) is 4.39 Å². The molecule has 0 saturated carbocycles. The van der Waals surface area contributed by atoms with Gasteiger partial charge < -0.3 is 0 Å². The number of benzene rings is 2. The van der Waals surface area contributed by atoms with Crippen molar-refractivity contribution in [2.75, 3.05) is 0 Å². The summed E-state index contributed by atoms with van der Waals surface area (Å²) in [6.45, 7) is 1.81. The molecule has 21 heavy (non-hydrogen) atoms. The minimum atomic E-state index is -0.414. The Morgan fingerprint density at radius 1 is 1.24 bits per heavy atom. The fraction of sp³-hybridized carbons (Fsp3) is 0.133. The quantitative estimate of drug-likeness (QED) is 0.502. The molecule has 3 rings (SSSR count). The lowest BCUT2D eigenvalue weighted by Crippen LogP contribution is -2.04. The average Bonchev–Trinajstić information content (AvgIpc) is 2.77. The Labute approximate surface area is 139 Å². The number of alkyl halides is 1. The molecule has 1 atom stereocenters. The summed E-state index contributed by atoms with van der Waals surface area (Å²) in [5.41, 5.74) is 1.93. The number of aromatic nitrogens is 2. The van der Waals surface area contributed by atoms with Gasteiger partial charge in [0.05, 0.1) is 22.1 Å². The van der Waals surface area contributed by atoms with Gasteiger partial charge in [0, 0.05) is 9.50 Å². The van der Waals surface area contributed by atoms with Crippen molar-refractivity contribution in [2.45, 2.75) is 12.3 Å². The number of fused-ring (bicyclic) bond motifs is 1. The molecule has 0 N–H and O–H groups in total. The number of hydrogen-bond donors (Lipinski definition) is 0. The average molecular weight is 388 g/mol. The van der Waals surface area contributed by atoms with E-state index in [0.717, 1.165) is 15.5 Å². The largest absolute Gasteiger partial charge is 0.292 e. The van der Waals surface area contributed by atoms with Gasteiger partial charge in [0.2, 0.25) is 0 Å². The van der Waals surface area contributed by atoms with Crippen molar-refractivity contribution in [3.63, 3.8) is 0 Å². The van der Waals surface area contributed by atoms with Gasteiger partial charge in [-0.1, -0.05) is 27.5 Å². The van der Waals surface area contributed by atoms with Gasteiger partial charge in [-0.05, 0) is 43.3 Å². The minimum Gasteiger partial charge on any atom is -0.292 e. The fourth-order valence-electron chi connectivity index (χ4n) is 2.25. The molecule has 1 unspecified atom stereocenters. The normalized spacial score (nSPS) is 12.8. The number of nitrogens with zero attached hydrogens (tertiary/aromatic N) is 2. The third kappa shape index (κ3) is 2.68. The molecule has 0 aliphatic rings. The third-order valence-electron chi connectivity index (χ3n) is 3.15. The van der Waals surface area contributed by atoms with Gasteiger partial charge in [-0.3, -0.25) is 4.57 Å². The van der Waals surface area contributed by atoms with Gasteiger partial charge in [0.25, 0.3) is 0 Å². The van der Waals surface area contributed by atoms with Crippen LogP contribution in [-0.2, 0) is 0 Å². The Bertz CT molecular complexity index is 830. The molecular weight excluding hydrogens is 378 g/mol. The first kappa shape index (κ1) is 14.8. The standard InChI is InChI=1S/C15H10BrCl2FN2/c1-8(17)15-20-12-6-9(16)2-4-14(12)21(15)13-5-3-10(18)7-11(13)19/h2-8H,1H3. The SMILES string of the molecule is CC(Cl)c1nc2cc(Br)ccc2n1-c1ccc(Cl)cc1F. The summed E-state index contributed by atoms with van der Waals surface area (Å²) in [7, 11) is 0. The molecule has 0 fully saturated rings. The third-order valence-corrected chi connectivity index (χ3v) is 4.07. The Kier molecular flexibility index (Phi) is 3.95. The van der Waals surface area contributed by atoms with Crippen LogP contribution in [0.3, 0.4) is 0 Å². The molecule has 108 valence electrons. The van der Waals surface area contributed by atoms with E-state index in [-0.39, 0.29) is 5.38 Å². The van der Waals surface area contributed by atoms with Gasteiger partial charge in [0.1, 0.15) is 11.6 Å². The number of hydrogen-bond acceptors (Lipinski definition) is 1. The first-order valence-electron chi connectivity index (χ1n) is 6.25. The van der Waals surface area contributed by atoms with Crippen LogP contribution in [0, 0.1) is 5.82 Å². The zero-order chi connectivity index (χ0) is 15.1. The van der Waals surface area contributed by atoms with E-state index in [1.54, 1.807) is 16.7 Å². The van der Waals surface area contributed by atoms with E-state index >= 15 is 0 Å². The van der Waals surface area contributed by atoms with Crippen LogP contribution in [-0.4, -0.2) is 9.55 Å². The predicted octanol–water partition coefficient (Wildman–Crippen LogP) is 5.88. The van der Waals surface area contributed by atoms with Gasteiger partial charge >= 0.3 is 0 Å². The summed E-state index contributed by atoms with van der Waals surface area (Å²) in [5, 5.41) is -0.00450. The summed E-state index contributed by atoms with van der Waals surface area (Å²) < 4.78 is 16.9. The van der Waals surface area contributed by atoms with Crippen molar-refractivity contribution in [2.24, 2.45) is 0 Å². The van der Waals surface area contributed by atoms with Crippen LogP contribution in [0.5, 0.6) is 0 Å². The highest BCUT2D eigenvalue weighted by Crippen LogP contribution is 2.31. The molecule has 2 nitrogen and oxygen atoms in total. The molecule has 0 aliphatic heterocycles. The molecule has 2 aromatic carbocycles. The highest BCUT2D eigenvalue weighted by Gasteiger charge is 2.18. The van der Waals surface area contributed by atoms with Crippen LogP contribution in [0.4, 0.5) is 4.39 Å². The van der Waals surface area contributed by atoms with E-state index < -0.39 is 5.82 Å². The molecular formula is C15H10BrCl2FN2. The Morgan fingerprint density at radius 2 is 2.00 bits per heavy atom. The summed E-state index contributed by atoms with van der Waals surface area (Å²) in [6.07, 6.45) is 0. The number of imidazole rings is 1. The monoisotopic (exact) mass is 386 g/mol. The van der Waals surface area contributed by atoms with Crippen molar-refractivity contribution >= 4 is 50.2 Å². The van der Waals surface area contributed by atoms with E-state index in [4.69, 9.17) is 23.2 Å². The summed E-state index contributed by atoms with van der Waals surface area (Å²) >= 11 is 15.4. The summed E-state index contributed by atoms with van der Waals surface area (Å²) in [6, 6.07) is 10.2. The molecule has 0 saturated heterocycles. The highest BCUT2D eigenvalue weighted by molar-refractivity contribution is 9.10. The van der Waals surface area contributed by atoms with E-state index in [0.29, 0.717) is 16.5 Å². The van der Waals surface area contributed by atoms with Crippen molar-refractivity contribution in [1.82, 2.24) is 9.55 Å². The van der Waals surface area contributed by atoms with E-state index in [1.165, 1.54) is 6.07 Å². The lowest BCUT2D eigenvalue weighted by molar-refractivity contribution is 0.616. The van der Waals surface area contributed by atoms with Gasteiger partial charge in [-0.15, -0.1) is 11.6 Å². The van der Waals surface area contributed by atoms with Gasteiger partial charge in [0.15, 0.2) is 0 Å². The molecule has 0 radical (unpaired) electrons. The maximum atomic E-state index is 14.3. The molecule has 0 spiro atoms. The van der Waals surface area contributed by atoms with Crippen LogP contribution in [0.25, 0.3) is 16.7 Å². The molecule has 3 aromatic rings. The second-order valence-corrected chi connectivity index (χ2v) is 6.66. The van der Waals surface area contributed by atoms with Crippen LogP contribution >= 0.6 is 39.1 Å². The maximum Gasteiger partial charge on any atom is 0.148 e. The molecule has 0 amide bonds. The van der Waals surface area contributed by atoms with Crippen molar-refractivity contribution in [3.8, 4) is 5.69 Å². The Morgan fingerprint density at radius 3 is 2.67 bits per heavy atom. The number of halogens is 4. The second-order valence-electron chi connectivity index (χ2n) is 4.65. The summed E-state index contributed by atoms with van der Waals surface area (Å²) in [5.74, 6) is 0.175. The molecule has 6 heteroatoms. The van der Waals surface area contributed by atoms with Crippen LogP contribution in [0.15, 0.2) is 40.9 Å². The molecule has 0 bridgehead atoms. The molecule has 1 aromatic heterocycles. The first-order valence-corrected chi connectivity index (χ1v) is 7.85. The van der Waals surface area contributed by atoms with Crippen LogP contribution in [0.2, 0.25) is 5.02 Å². The van der Waals surface area contributed by atoms with E-state index in [2.05, 4.69) is 20.9 Å². The topological polar surface area (TPSA) is 17.8 Å². The predicted molar refractivity (Wildman–Crippen MR) is 88.0 cm³/mol. The van der Waals surface area contributed by atoms with E-state index in [1.807, 2.05) is 25.1 Å². The smallest absolute Gasteiger partial charge is 0.148 e. The second kappa shape index (κ2) is 5.59. The maximum absolute atomic E-state index is 14.3. The zero-order valence-corrected chi connectivity index (χ0v) is 14.0. The summed E-state index contributed by atoms with van der Waals surface area (Å²) in [4.78, 5) is 4.51. The van der Waals surface area contributed by atoms with Crippen molar-refractivity contribution in [1.29, 1.82) is 0 Å². The van der Waals surface area contributed by atoms with Gasteiger partial charge in [-0.25, -0.2) is 9.37 Å².